The predicted octanol–water partition coefficient (Wildman–Crippen LogP) is 3.24. The van der Waals surface area contributed by atoms with E-state index in [-0.39, 0.29) is 23.6 Å². The zero-order chi connectivity index (χ0) is 13.7. The number of rotatable bonds is 5. The summed E-state index contributed by atoms with van der Waals surface area (Å²) in [6.07, 6.45) is 3.26. The Hall–Kier alpha value is -1.64. The Morgan fingerprint density at radius 3 is 2.63 bits per heavy atom. The van der Waals surface area contributed by atoms with Crippen LogP contribution in [0, 0.1) is 11.8 Å². The van der Waals surface area contributed by atoms with Gasteiger partial charge in [0.1, 0.15) is 0 Å². The smallest absolute Gasteiger partial charge is 0.309 e. The summed E-state index contributed by atoms with van der Waals surface area (Å²) in [4.78, 5) is 24.0. The van der Waals surface area contributed by atoms with Gasteiger partial charge in [0.15, 0.2) is 5.78 Å². The van der Waals surface area contributed by atoms with Crippen molar-refractivity contribution in [3.8, 4) is 0 Å². The second-order valence-electron chi connectivity index (χ2n) is 5.04. The zero-order valence-corrected chi connectivity index (χ0v) is 11.3. The lowest BCUT2D eigenvalue weighted by Gasteiger charge is -2.17. The predicted molar refractivity (Wildman–Crippen MR) is 72.9 cm³/mol. The molecule has 1 fully saturated rings. The first-order valence-corrected chi connectivity index (χ1v) is 6.97. The SMILES string of the molecule is CCOC(=O)[C@@H]1CCC[C@H]1CC(=O)c1ccccc1. The van der Waals surface area contributed by atoms with Crippen LogP contribution in [0.3, 0.4) is 0 Å². The summed E-state index contributed by atoms with van der Waals surface area (Å²) in [5, 5.41) is 0. The molecule has 3 heteroatoms. The standard InChI is InChI=1S/C16H20O3/c1-2-19-16(18)14-10-6-9-13(14)11-15(17)12-7-4-3-5-8-12/h3-5,7-8,13-14H,2,6,9-11H2,1H3/t13-,14+/m0/s1. The van der Waals surface area contributed by atoms with Gasteiger partial charge < -0.3 is 4.74 Å². The number of ether oxygens (including phenoxy) is 1. The van der Waals surface area contributed by atoms with Crippen molar-refractivity contribution >= 4 is 11.8 Å². The number of Topliss-reactive ketones (excluding diaryl/α,β-unsaturated/α-hetero) is 1. The van der Waals surface area contributed by atoms with Gasteiger partial charge in [0, 0.05) is 12.0 Å². The maximum atomic E-state index is 12.2. The molecule has 0 N–H and O–H groups in total. The number of hydrogen-bond acceptors (Lipinski definition) is 3. The van der Waals surface area contributed by atoms with Crippen LogP contribution in [0.4, 0.5) is 0 Å². The fourth-order valence-electron chi connectivity index (χ4n) is 2.82. The maximum Gasteiger partial charge on any atom is 0.309 e. The van der Waals surface area contributed by atoms with E-state index in [0.717, 1.165) is 24.8 Å². The molecule has 1 saturated carbocycles. The van der Waals surface area contributed by atoms with E-state index in [9.17, 15) is 9.59 Å². The number of carbonyl (C=O) groups excluding carboxylic acids is 2. The molecule has 19 heavy (non-hydrogen) atoms. The summed E-state index contributed by atoms with van der Waals surface area (Å²) in [7, 11) is 0. The molecule has 0 amide bonds. The highest BCUT2D eigenvalue weighted by molar-refractivity contribution is 5.96. The third kappa shape index (κ3) is 3.43. The van der Waals surface area contributed by atoms with E-state index in [2.05, 4.69) is 0 Å². The lowest BCUT2D eigenvalue weighted by Crippen LogP contribution is -2.23. The second kappa shape index (κ2) is 6.50. The third-order valence-corrected chi connectivity index (χ3v) is 3.79. The molecule has 1 aliphatic carbocycles. The fraction of sp³-hybridized carbons (Fsp3) is 0.500. The van der Waals surface area contributed by atoms with Crippen LogP contribution in [0.15, 0.2) is 30.3 Å². The van der Waals surface area contributed by atoms with E-state index in [0.29, 0.717) is 13.0 Å². The van der Waals surface area contributed by atoms with Crippen molar-refractivity contribution in [1.82, 2.24) is 0 Å². The number of esters is 1. The van der Waals surface area contributed by atoms with Crippen molar-refractivity contribution in [3.63, 3.8) is 0 Å². The van der Waals surface area contributed by atoms with Crippen LogP contribution in [0.25, 0.3) is 0 Å². The molecule has 0 spiro atoms. The van der Waals surface area contributed by atoms with Gasteiger partial charge in [-0.3, -0.25) is 9.59 Å². The van der Waals surface area contributed by atoms with Crippen LogP contribution in [-0.4, -0.2) is 18.4 Å². The fourth-order valence-corrected chi connectivity index (χ4v) is 2.82. The Labute approximate surface area is 114 Å². The van der Waals surface area contributed by atoms with E-state index in [1.54, 1.807) is 0 Å². The van der Waals surface area contributed by atoms with E-state index in [1.165, 1.54) is 0 Å². The monoisotopic (exact) mass is 260 g/mol. The molecular formula is C16H20O3. The molecule has 0 heterocycles. The number of carbonyl (C=O) groups is 2. The van der Waals surface area contributed by atoms with E-state index in [1.807, 2.05) is 37.3 Å². The van der Waals surface area contributed by atoms with Crippen molar-refractivity contribution in [2.45, 2.75) is 32.6 Å². The summed E-state index contributed by atoms with van der Waals surface area (Å²) >= 11 is 0. The molecule has 0 unspecified atom stereocenters. The lowest BCUT2D eigenvalue weighted by atomic mass is 9.89. The van der Waals surface area contributed by atoms with Gasteiger partial charge in [-0.2, -0.15) is 0 Å². The highest BCUT2D eigenvalue weighted by Gasteiger charge is 2.35. The van der Waals surface area contributed by atoms with Gasteiger partial charge in [-0.25, -0.2) is 0 Å². The van der Waals surface area contributed by atoms with Crippen molar-refractivity contribution in [2.24, 2.45) is 11.8 Å². The first-order valence-electron chi connectivity index (χ1n) is 6.97. The van der Waals surface area contributed by atoms with Crippen LogP contribution < -0.4 is 0 Å². The largest absolute Gasteiger partial charge is 0.466 e. The molecule has 0 radical (unpaired) electrons. The van der Waals surface area contributed by atoms with Crippen molar-refractivity contribution in [1.29, 1.82) is 0 Å². The Kier molecular flexibility index (Phi) is 4.72. The highest BCUT2D eigenvalue weighted by atomic mass is 16.5. The van der Waals surface area contributed by atoms with Crippen LogP contribution in [0.5, 0.6) is 0 Å². The van der Waals surface area contributed by atoms with Crippen LogP contribution >= 0.6 is 0 Å². The van der Waals surface area contributed by atoms with E-state index >= 15 is 0 Å². The Balaban J connectivity index is 1.98. The summed E-state index contributed by atoms with van der Waals surface area (Å²) < 4.78 is 5.09. The summed E-state index contributed by atoms with van der Waals surface area (Å²) in [6.45, 7) is 2.23. The number of ketones is 1. The minimum Gasteiger partial charge on any atom is -0.466 e. The third-order valence-electron chi connectivity index (χ3n) is 3.79. The van der Waals surface area contributed by atoms with Gasteiger partial charge in [0.25, 0.3) is 0 Å². The molecular weight excluding hydrogens is 240 g/mol. The molecule has 0 aliphatic heterocycles. The maximum absolute atomic E-state index is 12.2. The molecule has 1 aliphatic rings. The van der Waals surface area contributed by atoms with Crippen LogP contribution in [0.1, 0.15) is 43.0 Å². The first-order chi connectivity index (χ1) is 9.22. The number of benzene rings is 1. The lowest BCUT2D eigenvalue weighted by molar-refractivity contribution is -0.149. The summed E-state index contributed by atoms with van der Waals surface area (Å²) in [6, 6.07) is 9.29. The minimum atomic E-state index is -0.133. The van der Waals surface area contributed by atoms with Gasteiger partial charge in [0.2, 0.25) is 0 Å². The van der Waals surface area contributed by atoms with Gasteiger partial charge in [-0.05, 0) is 25.7 Å². The van der Waals surface area contributed by atoms with Gasteiger partial charge in [-0.15, -0.1) is 0 Å². The Morgan fingerprint density at radius 2 is 1.95 bits per heavy atom. The molecule has 3 nitrogen and oxygen atoms in total. The van der Waals surface area contributed by atoms with Crippen molar-refractivity contribution in [2.75, 3.05) is 6.61 Å². The van der Waals surface area contributed by atoms with E-state index < -0.39 is 0 Å². The van der Waals surface area contributed by atoms with E-state index in [4.69, 9.17) is 4.74 Å². The quantitative estimate of drug-likeness (QED) is 0.603. The first kappa shape index (κ1) is 13.8. The van der Waals surface area contributed by atoms with Gasteiger partial charge >= 0.3 is 5.97 Å². The molecule has 2 atom stereocenters. The van der Waals surface area contributed by atoms with Gasteiger partial charge in [-0.1, -0.05) is 36.8 Å². The van der Waals surface area contributed by atoms with Crippen molar-refractivity contribution < 1.29 is 14.3 Å². The summed E-state index contributed by atoms with van der Waals surface area (Å²) in [5.74, 6) is 0.0482. The minimum absolute atomic E-state index is 0.0902. The highest BCUT2D eigenvalue weighted by Crippen LogP contribution is 2.35. The zero-order valence-electron chi connectivity index (χ0n) is 11.3. The average molecular weight is 260 g/mol. The van der Waals surface area contributed by atoms with Crippen LogP contribution in [0.2, 0.25) is 0 Å². The molecule has 2 rings (SSSR count). The van der Waals surface area contributed by atoms with Crippen LogP contribution in [-0.2, 0) is 9.53 Å². The molecule has 0 aromatic heterocycles. The molecule has 0 bridgehead atoms. The Bertz CT molecular complexity index is 439. The Morgan fingerprint density at radius 1 is 1.21 bits per heavy atom. The molecule has 1 aromatic rings. The summed E-state index contributed by atoms with van der Waals surface area (Å²) in [5.41, 5.74) is 0.733. The molecule has 1 aromatic carbocycles. The number of hydrogen-bond donors (Lipinski definition) is 0. The molecule has 0 saturated heterocycles. The van der Waals surface area contributed by atoms with Crippen molar-refractivity contribution in [3.05, 3.63) is 35.9 Å². The topological polar surface area (TPSA) is 43.4 Å². The average Bonchev–Trinajstić information content (AvgIpc) is 2.88. The second-order valence-corrected chi connectivity index (χ2v) is 5.04. The normalized spacial score (nSPS) is 22.2. The van der Waals surface area contributed by atoms with Gasteiger partial charge in [0.05, 0.1) is 12.5 Å². The molecule has 102 valence electrons.